The van der Waals surface area contributed by atoms with E-state index in [9.17, 15) is 22.0 Å². The molecular weight excluding hydrogens is 374 g/mol. The average Bonchev–Trinajstić information content (AvgIpc) is 2.92. The van der Waals surface area contributed by atoms with Gasteiger partial charge in [-0.3, -0.25) is 9.52 Å². The molecule has 0 bridgehead atoms. The molecular formula is C16H13ClF2N2O3S. The summed E-state index contributed by atoms with van der Waals surface area (Å²) in [6, 6.07) is 6.46. The molecule has 25 heavy (non-hydrogen) atoms. The maximum atomic E-state index is 13.7. The maximum Gasteiger partial charge on any atom is 0.264 e. The normalized spacial score (nSPS) is 14.8. The molecule has 3 rings (SSSR count). The molecule has 1 aliphatic rings. The van der Waals surface area contributed by atoms with E-state index in [2.05, 4.69) is 4.72 Å². The molecule has 1 saturated heterocycles. The summed E-state index contributed by atoms with van der Waals surface area (Å²) >= 11 is 6.15. The standard InChI is InChI=1S/C16H13ClF2N2O3S/c17-12-9-11(4-5-14(12)21-7-1-2-16(21)22)20-25(23,24)15-6-3-10(18)8-13(15)19/h3-6,8-9,20H,1-2,7H2. The van der Waals surface area contributed by atoms with E-state index in [0.717, 1.165) is 18.6 Å². The van der Waals surface area contributed by atoms with Crippen LogP contribution in [0.2, 0.25) is 5.02 Å². The number of carbonyl (C=O) groups excluding carboxylic acids is 1. The van der Waals surface area contributed by atoms with Gasteiger partial charge in [0, 0.05) is 19.0 Å². The molecule has 0 aliphatic carbocycles. The molecule has 1 heterocycles. The molecule has 0 spiro atoms. The van der Waals surface area contributed by atoms with E-state index in [4.69, 9.17) is 11.6 Å². The lowest BCUT2D eigenvalue weighted by molar-refractivity contribution is -0.117. The third-order valence-corrected chi connectivity index (χ3v) is 5.46. The zero-order chi connectivity index (χ0) is 18.2. The second kappa shape index (κ2) is 6.61. The molecule has 0 saturated carbocycles. The second-order valence-electron chi connectivity index (χ2n) is 5.50. The molecule has 9 heteroatoms. The van der Waals surface area contributed by atoms with E-state index >= 15 is 0 Å². The first-order valence-corrected chi connectivity index (χ1v) is 9.22. The highest BCUT2D eigenvalue weighted by Gasteiger charge is 2.24. The summed E-state index contributed by atoms with van der Waals surface area (Å²) in [7, 11) is -4.25. The van der Waals surface area contributed by atoms with Crippen LogP contribution in [-0.2, 0) is 14.8 Å². The van der Waals surface area contributed by atoms with Crippen molar-refractivity contribution >= 4 is 38.9 Å². The largest absolute Gasteiger partial charge is 0.311 e. The van der Waals surface area contributed by atoms with Crippen LogP contribution < -0.4 is 9.62 Å². The Morgan fingerprint density at radius 2 is 1.88 bits per heavy atom. The van der Waals surface area contributed by atoms with E-state index in [-0.39, 0.29) is 16.6 Å². The molecule has 1 fully saturated rings. The van der Waals surface area contributed by atoms with Gasteiger partial charge < -0.3 is 4.90 Å². The van der Waals surface area contributed by atoms with Crippen molar-refractivity contribution in [1.82, 2.24) is 0 Å². The Morgan fingerprint density at radius 3 is 2.48 bits per heavy atom. The number of benzene rings is 2. The van der Waals surface area contributed by atoms with Gasteiger partial charge >= 0.3 is 0 Å². The van der Waals surface area contributed by atoms with Crippen LogP contribution in [0.4, 0.5) is 20.2 Å². The smallest absolute Gasteiger partial charge is 0.264 e. The summed E-state index contributed by atoms with van der Waals surface area (Å²) in [4.78, 5) is 12.6. The minimum Gasteiger partial charge on any atom is -0.311 e. The van der Waals surface area contributed by atoms with Crippen molar-refractivity contribution in [2.45, 2.75) is 17.7 Å². The van der Waals surface area contributed by atoms with E-state index in [1.54, 1.807) is 0 Å². The van der Waals surface area contributed by atoms with Gasteiger partial charge in [-0.2, -0.15) is 0 Å². The summed E-state index contributed by atoms with van der Waals surface area (Å²) in [6.07, 6.45) is 1.17. The number of amides is 1. The van der Waals surface area contributed by atoms with Crippen molar-refractivity contribution in [2.24, 2.45) is 0 Å². The summed E-state index contributed by atoms with van der Waals surface area (Å²) in [5, 5.41) is 0.190. The van der Waals surface area contributed by atoms with Gasteiger partial charge in [-0.1, -0.05) is 11.6 Å². The van der Waals surface area contributed by atoms with E-state index in [1.807, 2.05) is 0 Å². The lowest BCUT2D eigenvalue weighted by atomic mass is 10.2. The summed E-state index contributed by atoms with van der Waals surface area (Å²) in [5.41, 5.74) is 0.587. The lowest BCUT2D eigenvalue weighted by Gasteiger charge is -2.18. The number of hydrogen-bond acceptors (Lipinski definition) is 3. The van der Waals surface area contributed by atoms with Crippen molar-refractivity contribution in [3.8, 4) is 0 Å². The molecule has 1 aliphatic heterocycles. The van der Waals surface area contributed by atoms with Crippen molar-refractivity contribution < 1.29 is 22.0 Å². The fourth-order valence-corrected chi connectivity index (χ4v) is 3.99. The van der Waals surface area contributed by atoms with Crippen LogP contribution in [0.5, 0.6) is 0 Å². The topological polar surface area (TPSA) is 66.5 Å². The van der Waals surface area contributed by atoms with Gasteiger partial charge in [-0.05, 0) is 36.8 Å². The number of anilines is 2. The summed E-state index contributed by atoms with van der Waals surface area (Å²) in [6.45, 7) is 0.546. The fraction of sp³-hybridized carbons (Fsp3) is 0.188. The molecule has 5 nitrogen and oxygen atoms in total. The molecule has 132 valence electrons. The molecule has 0 unspecified atom stereocenters. The number of nitrogens with one attached hydrogen (secondary N) is 1. The fourth-order valence-electron chi connectivity index (χ4n) is 2.60. The summed E-state index contributed by atoms with van der Waals surface area (Å²) in [5.74, 6) is -2.12. The first-order chi connectivity index (χ1) is 11.8. The van der Waals surface area contributed by atoms with Gasteiger partial charge in [0.1, 0.15) is 16.5 Å². The highest BCUT2D eigenvalue weighted by atomic mass is 35.5. The number of sulfonamides is 1. The molecule has 1 amide bonds. The SMILES string of the molecule is O=C1CCCN1c1ccc(NS(=O)(=O)c2ccc(F)cc2F)cc1Cl. The van der Waals surface area contributed by atoms with Crippen LogP contribution in [0.15, 0.2) is 41.3 Å². The van der Waals surface area contributed by atoms with Crippen LogP contribution in [-0.4, -0.2) is 20.9 Å². The number of rotatable bonds is 4. The Bertz CT molecular complexity index is 950. The Hall–Kier alpha value is -2.19. The first-order valence-electron chi connectivity index (χ1n) is 7.36. The Balaban J connectivity index is 1.87. The second-order valence-corrected chi connectivity index (χ2v) is 7.55. The number of nitrogens with zero attached hydrogens (tertiary/aromatic N) is 1. The predicted molar refractivity (Wildman–Crippen MR) is 90.2 cm³/mol. The Labute approximate surface area is 148 Å². The van der Waals surface area contributed by atoms with E-state index in [1.165, 1.54) is 23.1 Å². The third kappa shape index (κ3) is 3.59. The number of carbonyl (C=O) groups is 1. The van der Waals surface area contributed by atoms with Crippen molar-refractivity contribution in [1.29, 1.82) is 0 Å². The van der Waals surface area contributed by atoms with Crippen LogP contribution in [0.1, 0.15) is 12.8 Å². The third-order valence-electron chi connectivity index (χ3n) is 3.75. The molecule has 0 radical (unpaired) electrons. The van der Waals surface area contributed by atoms with Gasteiger partial charge in [0.25, 0.3) is 10.0 Å². The average molecular weight is 387 g/mol. The minimum absolute atomic E-state index is 0.0522. The molecule has 1 N–H and O–H groups in total. The first kappa shape index (κ1) is 17.6. The highest BCUT2D eigenvalue weighted by Crippen LogP contribution is 2.32. The van der Waals surface area contributed by atoms with Crippen molar-refractivity contribution in [3.63, 3.8) is 0 Å². The zero-order valence-corrected chi connectivity index (χ0v) is 14.4. The maximum absolute atomic E-state index is 13.7. The van der Waals surface area contributed by atoms with Crippen LogP contribution in [0.25, 0.3) is 0 Å². The zero-order valence-electron chi connectivity index (χ0n) is 12.8. The predicted octanol–water partition coefficient (Wildman–Crippen LogP) is 3.55. The highest BCUT2D eigenvalue weighted by molar-refractivity contribution is 7.92. The molecule has 2 aromatic rings. The van der Waals surface area contributed by atoms with Gasteiger partial charge in [-0.25, -0.2) is 17.2 Å². The van der Waals surface area contributed by atoms with Gasteiger partial charge in [-0.15, -0.1) is 0 Å². The van der Waals surface area contributed by atoms with Crippen molar-refractivity contribution in [2.75, 3.05) is 16.2 Å². The van der Waals surface area contributed by atoms with Crippen LogP contribution in [0.3, 0.4) is 0 Å². The van der Waals surface area contributed by atoms with Gasteiger partial charge in [0.05, 0.1) is 16.4 Å². The van der Waals surface area contributed by atoms with Gasteiger partial charge in [0.2, 0.25) is 5.91 Å². The number of halogens is 3. The monoisotopic (exact) mass is 386 g/mol. The van der Waals surface area contributed by atoms with E-state index < -0.39 is 26.6 Å². The van der Waals surface area contributed by atoms with E-state index in [0.29, 0.717) is 24.7 Å². The van der Waals surface area contributed by atoms with Crippen LogP contribution in [0, 0.1) is 11.6 Å². The lowest BCUT2D eigenvalue weighted by Crippen LogP contribution is -2.24. The summed E-state index contributed by atoms with van der Waals surface area (Å²) < 4.78 is 53.3. The Morgan fingerprint density at radius 1 is 1.12 bits per heavy atom. The van der Waals surface area contributed by atoms with Crippen LogP contribution >= 0.6 is 11.6 Å². The number of hydrogen-bond donors (Lipinski definition) is 1. The molecule has 0 aromatic heterocycles. The molecule has 2 aromatic carbocycles. The molecule has 0 atom stereocenters. The quantitative estimate of drug-likeness (QED) is 0.873. The van der Waals surface area contributed by atoms with Gasteiger partial charge in [0.15, 0.2) is 0 Å². The minimum atomic E-state index is -4.25. The Kier molecular flexibility index (Phi) is 4.66. The van der Waals surface area contributed by atoms with Crippen molar-refractivity contribution in [3.05, 3.63) is 53.1 Å².